The van der Waals surface area contributed by atoms with E-state index >= 15 is 0 Å². The summed E-state index contributed by atoms with van der Waals surface area (Å²) >= 11 is 1.32. The summed E-state index contributed by atoms with van der Waals surface area (Å²) in [6.45, 7) is 2.41. The third-order valence-electron chi connectivity index (χ3n) is 4.87. The molecule has 7 nitrogen and oxygen atoms in total. The van der Waals surface area contributed by atoms with Crippen LogP contribution in [0.2, 0.25) is 0 Å². The molecule has 3 aromatic carbocycles. The molecule has 168 valence electrons. The van der Waals surface area contributed by atoms with E-state index in [1.807, 2.05) is 90.4 Å². The molecule has 0 aliphatic rings. The van der Waals surface area contributed by atoms with Crippen molar-refractivity contribution in [3.8, 4) is 17.2 Å². The molecule has 0 bridgehead atoms. The number of nitrogens with zero attached hydrogens (tertiary/aromatic N) is 3. The van der Waals surface area contributed by atoms with Crippen molar-refractivity contribution in [2.75, 3.05) is 19.0 Å². The number of hydrogen-bond acceptors (Lipinski definition) is 6. The van der Waals surface area contributed by atoms with Crippen molar-refractivity contribution in [1.82, 2.24) is 14.8 Å². The van der Waals surface area contributed by atoms with Gasteiger partial charge in [-0.15, -0.1) is 10.2 Å². The molecule has 0 spiro atoms. The van der Waals surface area contributed by atoms with Crippen molar-refractivity contribution in [1.29, 1.82) is 0 Å². The summed E-state index contributed by atoms with van der Waals surface area (Å²) in [6.07, 6.45) is 1.62. The molecule has 1 heterocycles. The van der Waals surface area contributed by atoms with Crippen LogP contribution in [0.1, 0.15) is 17.7 Å². The lowest BCUT2D eigenvalue weighted by Crippen LogP contribution is -2.20. The average molecular weight is 461 g/mol. The van der Waals surface area contributed by atoms with E-state index in [2.05, 4.69) is 15.5 Å². The Morgan fingerprint density at radius 3 is 2.45 bits per heavy atom. The van der Waals surface area contributed by atoms with Gasteiger partial charge >= 0.3 is 0 Å². The van der Waals surface area contributed by atoms with Gasteiger partial charge in [-0.2, -0.15) is 0 Å². The van der Waals surface area contributed by atoms with Gasteiger partial charge in [-0.1, -0.05) is 66.4 Å². The third-order valence-corrected chi connectivity index (χ3v) is 6.08. The maximum Gasteiger partial charge on any atom is 0.242 e. The van der Waals surface area contributed by atoms with Gasteiger partial charge in [0.05, 0.1) is 25.1 Å². The quantitative estimate of drug-likeness (QED) is 0.348. The number of nitrogens with one attached hydrogen (secondary N) is 1. The number of amides is 1. The van der Waals surface area contributed by atoms with Gasteiger partial charge in [0.2, 0.25) is 5.91 Å². The topological polar surface area (TPSA) is 78.3 Å². The Labute approximate surface area is 196 Å². The monoisotopic (exact) mass is 460 g/mol. The number of aromatic nitrogens is 3. The van der Waals surface area contributed by atoms with Gasteiger partial charge in [-0.25, -0.2) is 0 Å². The Kier molecular flexibility index (Phi) is 7.26. The van der Waals surface area contributed by atoms with E-state index < -0.39 is 5.25 Å². The molecule has 4 aromatic rings. The maximum atomic E-state index is 13.5. The molecule has 4 rings (SSSR count). The molecule has 1 amide bonds. The molecular formula is C25H24N4O3S. The van der Waals surface area contributed by atoms with Crippen LogP contribution in [-0.2, 0) is 4.79 Å². The van der Waals surface area contributed by atoms with Crippen molar-refractivity contribution in [2.24, 2.45) is 0 Å². The zero-order chi connectivity index (χ0) is 23.0. The molecule has 0 aliphatic carbocycles. The third kappa shape index (κ3) is 5.18. The number of rotatable bonds is 9. The van der Waals surface area contributed by atoms with E-state index in [9.17, 15) is 4.79 Å². The zero-order valence-corrected chi connectivity index (χ0v) is 19.2. The van der Waals surface area contributed by atoms with Crippen LogP contribution < -0.4 is 14.8 Å². The first-order valence-corrected chi connectivity index (χ1v) is 11.4. The minimum Gasteiger partial charge on any atom is -0.495 e. The lowest BCUT2D eigenvalue weighted by Gasteiger charge is -2.19. The second kappa shape index (κ2) is 10.7. The normalized spacial score (nSPS) is 11.6. The summed E-state index contributed by atoms with van der Waals surface area (Å²) < 4.78 is 13.0. The highest BCUT2D eigenvalue weighted by atomic mass is 32.2. The Morgan fingerprint density at radius 2 is 1.70 bits per heavy atom. The second-order valence-electron chi connectivity index (χ2n) is 6.98. The predicted octanol–water partition coefficient (Wildman–Crippen LogP) is 5.15. The van der Waals surface area contributed by atoms with Crippen LogP contribution in [0.15, 0.2) is 90.3 Å². The maximum absolute atomic E-state index is 13.5. The van der Waals surface area contributed by atoms with E-state index in [1.165, 1.54) is 11.8 Å². The summed E-state index contributed by atoms with van der Waals surface area (Å²) in [5.74, 6) is 1.13. The first-order valence-electron chi connectivity index (χ1n) is 10.5. The van der Waals surface area contributed by atoms with E-state index in [4.69, 9.17) is 9.47 Å². The lowest BCUT2D eigenvalue weighted by molar-refractivity contribution is -0.115. The van der Waals surface area contributed by atoms with Gasteiger partial charge < -0.3 is 14.8 Å². The molecule has 1 atom stereocenters. The molecule has 0 saturated heterocycles. The van der Waals surface area contributed by atoms with Crippen LogP contribution >= 0.6 is 11.8 Å². The molecule has 1 N–H and O–H groups in total. The van der Waals surface area contributed by atoms with Gasteiger partial charge in [0.1, 0.15) is 23.1 Å². The fourth-order valence-electron chi connectivity index (χ4n) is 3.35. The van der Waals surface area contributed by atoms with Crippen LogP contribution in [0.25, 0.3) is 5.69 Å². The fraction of sp³-hybridized carbons (Fsp3) is 0.160. The fourth-order valence-corrected chi connectivity index (χ4v) is 4.38. The number of carbonyl (C=O) groups excluding carboxylic acids is 1. The van der Waals surface area contributed by atoms with Crippen molar-refractivity contribution >= 4 is 23.4 Å². The number of ether oxygens (including phenoxy) is 2. The van der Waals surface area contributed by atoms with Crippen LogP contribution in [0.5, 0.6) is 11.5 Å². The summed E-state index contributed by atoms with van der Waals surface area (Å²) in [5, 5.41) is 11.4. The average Bonchev–Trinajstić information content (AvgIpc) is 3.32. The molecule has 0 unspecified atom stereocenters. The van der Waals surface area contributed by atoms with E-state index in [1.54, 1.807) is 13.4 Å². The molecule has 0 fully saturated rings. The Bertz CT molecular complexity index is 1210. The number of para-hydroxylation sites is 4. The van der Waals surface area contributed by atoms with Crippen molar-refractivity contribution in [2.45, 2.75) is 17.3 Å². The predicted molar refractivity (Wildman–Crippen MR) is 129 cm³/mol. The van der Waals surface area contributed by atoms with Crippen LogP contribution in [0.3, 0.4) is 0 Å². The van der Waals surface area contributed by atoms with Crippen molar-refractivity contribution in [3.63, 3.8) is 0 Å². The number of methoxy groups -OCH3 is 1. The Balaban J connectivity index is 1.67. The minimum absolute atomic E-state index is 0.187. The molecular weight excluding hydrogens is 436 g/mol. The molecule has 8 heteroatoms. The van der Waals surface area contributed by atoms with Crippen LogP contribution in [-0.4, -0.2) is 34.4 Å². The SMILES string of the molecule is CCOc1ccccc1NC(=O)[C@H](Sc1nncn1-c1ccccc1OC)c1ccccc1. The van der Waals surface area contributed by atoms with Gasteiger partial charge in [-0.3, -0.25) is 9.36 Å². The Morgan fingerprint density at radius 1 is 1.00 bits per heavy atom. The highest BCUT2D eigenvalue weighted by Crippen LogP contribution is 2.38. The highest BCUT2D eigenvalue weighted by Gasteiger charge is 2.26. The zero-order valence-electron chi connectivity index (χ0n) is 18.3. The minimum atomic E-state index is -0.571. The standard InChI is InChI=1S/C25H24N4O3S/c1-3-32-21-15-9-7-13-19(21)27-24(30)23(18-11-5-4-6-12-18)33-25-28-26-17-29(25)20-14-8-10-16-22(20)31-2/h4-17,23H,3H2,1-2H3,(H,27,30)/t23-/m1/s1. The number of benzene rings is 3. The molecule has 1 aromatic heterocycles. The summed E-state index contributed by atoms with van der Waals surface area (Å²) in [5.41, 5.74) is 2.27. The number of hydrogen-bond donors (Lipinski definition) is 1. The number of anilines is 1. The van der Waals surface area contributed by atoms with Crippen LogP contribution in [0.4, 0.5) is 5.69 Å². The lowest BCUT2D eigenvalue weighted by atomic mass is 10.1. The van der Waals surface area contributed by atoms with Crippen molar-refractivity contribution < 1.29 is 14.3 Å². The molecule has 0 radical (unpaired) electrons. The first-order chi connectivity index (χ1) is 16.2. The molecule has 33 heavy (non-hydrogen) atoms. The Hall–Kier alpha value is -3.78. The van der Waals surface area contributed by atoms with Gasteiger partial charge in [0, 0.05) is 0 Å². The number of thioether (sulfide) groups is 1. The van der Waals surface area contributed by atoms with Crippen molar-refractivity contribution in [3.05, 3.63) is 90.8 Å². The molecule has 0 aliphatic heterocycles. The summed E-state index contributed by atoms with van der Waals surface area (Å²) in [7, 11) is 1.62. The largest absolute Gasteiger partial charge is 0.495 e. The van der Waals surface area contributed by atoms with E-state index in [0.29, 0.717) is 28.9 Å². The summed E-state index contributed by atoms with van der Waals surface area (Å²) in [4.78, 5) is 13.5. The van der Waals surface area contributed by atoms with Gasteiger partial charge in [0.25, 0.3) is 0 Å². The number of carbonyl (C=O) groups is 1. The summed E-state index contributed by atoms with van der Waals surface area (Å²) in [6, 6.07) is 24.6. The molecule has 0 saturated carbocycles. The second-order valence-corrected chi connectivity index (χ2v) is 8.05. The highest BCUT2D eigenvalue weighted by molar-refractivity contribution is 8.00. The van der Waals surface area contributed by atoms with Gasteiger partial charge in [-0.05, 0) is 36.8 Å². The van der Waals surface area contributed by atoms with Crippen LogP contribution in [0, 0.1) is 0 Å². The van der Waals surface area contributed by atoms with Gasteiger partial charge in [0.15, 0.2) is 5.16 Å². The van der Waals surface area contributed by atoms with E-state index in [-0.39, 0.29) is 5.91 Å². The first kappa shape index (κ1) is 22.4. The van der Waals surface area contributed by atoms with E-state index in [0.717, 1.165) is 11.3 Å². The smallest absolute Gasteiger partial charge is 0.242 e.